The molecule has 138 valence electrons. The van der Waals surface area contributed by atoms with Crippen LogP contribution in [0.5, 0.6) is 5.75 Å². The summed E-state index contributed by atoms with van der Waals surface area (Å²) in [5.41, 5.74) is 1.41. The van der Waals surface area contributed by atoms with Crippen LogP contribution in [-0.2, 0) is 9.59 Å². The van der Waals surface area contributed by atoms with Crippen molar-refractivity contribution < 1.29 is 18.7 Å². The van der Waals surface area contributed by atoms with Crippen molar-refractivity contribution in [1.82, 2.24) is 4.90 Å². The van der Waals surface area contributed by atoms with Gasteiger partial charge in [-0.05, 0) is 43.2 Å². The third-order valence-electron chi connectivity index (χ3n) is 3.80. The van der Waals surface area contributed by atoms with Gasteiger partial charge in [-0.2, -0.15) is 0 Å². The molecule has 0 fully saturated rings. The zero-order valence-electron chi connectivity index (χ0n) is 15.0. The van der Waals surface area contributed by atoms with Crippen molar-refractivity contribution in [1.29, 1.82) is 0 Å². The second kappa shape index (κ2) is 9.56. The van der Waals surface area contributed by atoms with Gasteiger partial charge in [-0.25, -0.2) is 4.39 Å². The lowest BCUT2D eigenvalue weighted by Gasteiger charge is -2.17. The largest absolute Gasteiger partial charge is 0.493 e. The summed E-state index contributed by atoms with van der Waals surface area (Å²) in [4.78, 5) is 25.4. The van der Waals surface area contributed by atoms with Gasteiger partial charge in [0, 0.05) is 19.2 Å². The fraction of sp³-hybridized carbons (Fsp3) is 0.300. The summed E-state index contributed by atoms with van der Waals surface area (Å²) < 4.78 is 18.8. The Balaban J connectivity index is 1.70. The van der Waals surface area contributed by atoms with Gasteiger partial charge in [-0.1, -0.05) is 24.3 Å². The number of para-hydroxylation sites is 1. The van der Waals surface area contributed by atoms with Gasteiger partial charge in [0.15, 0.2) is 0 Å². The zero-order chi connectivity index (χ0) is 18.9. The Morgan fingerprint density at radius 3 is 2.65 bits per heavy atom. The normalized spacial score (nSPS) is 10.3. The number of hydrogen-bond donors (Lipinski definition) is 1. The highest BCUT2D eigenvalue weighted by Gasteiger charge is 2.13. The van der Waals surface area contributed by atoms with Crippen LogP contribution in [-0.4, -0.2) is 36.9 Å². The van der Waals surface area contributed by atoms with E-state index in [-0.39, 0.29) is 24.8 Å². The zero-order valence-corrected chi connectivity index (χ0v) is 15.0. The molecular formula is C20H23FN2O3. The van der Waals surface area contributed by atoms with E-state index in [0.717, 1.165) is 11.3 Å². The second-order valence-corrected chi connectivity index (χ2v) is 6.03. The molecule has 0 heterocycles. The van der Waals surface area contributed by atoms with Crippen LogP contribution >= 0.6 is 0 Å². The van der Waals surface area contributed by atoms with Crippen molar-refractivity contribution in [2.24, 2.45) is 0 Å². The molecule has 26 heavy (non-hydrogen) atoms. The van der Waals surface area contributed by atoms with E-state index in [4.69, 9.17) is 4.74 Å². The average Bonchev–Trinajstić information content (AvgIpc) is 2.59. The molecule has 0 unspecified atom stereocenters. The van der Waals surface area contributed by atoms with Crippen LogP contribution < -0.4 is 10.1 Å². The first kappa shape index (κ1) is 19.4. The maximum atomic E-state index is 13.1. The van der Waals surface area contributed by atoms with Gasteiger partial charge < -0.3 is 15.0 Å². The molecule has 0 atom stereocenters. The Bertz CT molecular complexity index is 764. The Morgan fingerprint density at radius 2 is 1.92 bits per heavy atom. The third-order valence-corrected chi connectivity index (χ3v) is 3.80. The lowest BCUT2D eigenvalue weighted by atomic mass is 10.2. The number of ether oxygens (including phenoxy) is 1. The lowest BCUT2D eigenvalue weighted by Crippen LogP contribution is -2.35. The first-order valence-corrected chi connectivity index (χ1v) is 8.43. The summed E-state index contributed by atoms with van der Waals surface area (Å²) in [5.74, 6) is -0.140. The van der Waals surface area contributed by atoms with Crippen molar-refractivity contribution in [2.75, 3.05) is 25.5 Å². The predicted octanol–water partition coefficient (Wildman–Crippen LogP) is 3.39. The van der Waals surface area contributed by atoms with Gasteiger partial charge in [-0.3, -0.25) is 9.59 Å². The number of hydrogen-bond acceptors (Lipinski definition) is 3. The van der Waals surface area contributed by atoms with E-state index in [1.165, 1.54) is 23.1 Å². The van der Waals surface area contributed by atoms with Crippen molar-refractivity contribution in [2.45, 2.75) is 19.8 Å². The number of nitrogens with zero attached hydrogens (tertiary/aromatic N) is 1. The van der Waals surface area contributed by atoms with Crippen molar-refractivity contribution in [3.63, 3.8) is 0 Å². The van der Waals surface area contributed by atoms with Crippen LogP contribution in [0.3, 0.4) is 0 Å². The molecule has 0 saturated heterocycles. The van der Waals surface area contributed by atoms with Crippen LogP contribution in [0.15, 0.2) is 48.5 Å². The van der Waals surface area contributed by atoms with Crippen molar-refractivity contribution >= 4 is 17.5 Å². The predicted molar refractivity (Wildman–Crippen MR) is 98.6 cm³/mol. The summed E-state index contributed by atoms with van der Waals surface area (Å²) in [6, 6.07) is 13.3. The molecule has 2 aromatic rings. The Hall–Kier alpha value is -2.89. The first-order valence-electron chi connectivity index (χ1n) is 8.43. The van der Waals surface area contributed by atoms with E-state index in [2.05, 4.69) is 5.32 Å². The van der Waals surface area contributed by atoms with E-state index in [9.17, 15) is 14.0 Å². The molecule has 0 aliphatic heterocycles. The molecule has 0 aliphatic rings. The minimum Gasteiger partial charge on any atom is -0.493 e. The number of carbonyl (C=O) groups excluding carboxylic acids is 2. The minimum absolute atomic E-state index is 0.0893. The lowest BCUT2D eigenvalue weighted by molar-refractivity contribution is -0.133. The van der Waals surface area contributed by atoms with Gasteiger partial charge in [-0.15, -0.1) is 0 Å². The third kappa shape index (κ3) is 6.20. The molecule has 6 heteroatoms. The Labute approximate surface area is 152 Å². The topological polar surface area (TPSA) is 58.6 Å². The summed E-state index contributed by atoms with van der Waals surface area (Å²) >= 11 is 0. The monoisotopic (exact) mass is 358 g/mol. The smallest absolute Gasteiger partial charge is 0.243 e. The highest BCUT2D eigenvalue weighted by Crippen LogP contribution is 2.16. The summed E-state index contributed by atoms with van der Waals surface area (Å²) in [7, 11) is 1.57. The number of benzene rings is 2. The van der Waals surface area contributed by atoms with Gasteiger partial charge >= 0.3 is 0 Å². The number of likely N-dealkylation sites (N-methyl/N-ethyl adjacent to an activating group) is 1. The van der Waals surface area contributed by atoms with Crippen LogP contribution in [0.2, 0.25) is 0 Å². The number of aryl methyl sites for hydroxylation is 1. The van der Waals surface area contributed by atoms with Crippen LogP contribution in [0, 0.1) is 12.7 Å². The molecule has 2 aromatic carbocycles. The average molecular weight is 358 g/mol. The number of halogens is 1. The van der Waals surface area contributed by atoms with Crippen molar-refractivity contribution in [3.05, 3.63) is 59.9 Å². The van der Waals surface area contributed by atoms with Gasteiger partial charge in [0.2, 0.25) is 11.8 Å². The summed E-state index contributed by atoms with van der Waals surface area (Å²) in [6.45, 7) is 2.30. The highest BCUT2D eigenvalue weighted by atomic mass is 19.1. The summed E-state index contributed by atoms with van der Waals surface area (Å²) in [6.07, 6.45) is 0.846. The number of rotatable bonds is 8. The second-order valence-electron chi connectivity index (χ2n) is 6.03. The van der Waals surface area contributed by atoms with Gasteiger partial charge in [0.1, 0.15) is 11.6 Å². The molecule has 0 aliphatic carbocycles. The van der Waals surface area contributed by atoms with E-state index < -0.39 is 5.82 Å². The fourth-order valence-corrected chi connectivity index (χ4v) is 2.39. The minimum atomic E-state index is -0.430. The molecule has 0 saturated carbocycles. The highest BCUT2D eigenvalue weighted by molar-refractivity contribution is 5.94. The molecule has 0 bridgehead atoms. The number of nitrogens with one attached hydrogen (secondary N) is 1. The van der Waals surface area contributed by atoms with Crippen molar-refractivity contribution in [3.8, 4) is 5.75 Å². The van der Waals surface area contributed by atoms with Crippen LogP contribution in [0.4, 0.5) is 10.1 Å². The molecule has 2 amide bonds. The van der Waals surface area contributed by atoms with E-state index >= 15 is 0 Å². The van der Waals surface area contributed by atoms with E-state index in [0.29, 0.717) is 18.7 Å². The molecule has 5 nitrogen and oxygen atoms in total. The summed E-state index contributed by atoms with van der Waals surface area (Å²) in [5, 5.41) is 2.57. The standard InChI is InChI=1S/C20H23FN2O3/c1-15-7-3-4-10-18(15)26-12-6-11-20(25)23(2)14-19(24)22-17-9-5-8-16(21)13-17/h3-5,7-10,13H,6,11-12,14H2,1-2H3,(H,22,24). The first-order chi connectivity index (χ1) is 12.5. The maximum absolute atomic E-state index is 13.1. The number of carbonyl (C=O) groups is 2. The van der Waals surface area contributed by atoms with Gasteiger partial charge in [0.05, 0.1) is 13.2 Å². The number of amides is 2. The van der Waals surface area contributed by atoms with Crippen LogP contribution in [0.25, 0.3) is 0 Å². The Morgan fingerprint density at radius 1 is 1.15 bits per heavy atom. The van der Waals surface area contributed by atoms with Crippen LogP contribution in [0.1, 0.15) is 18.4 Å². The fourth-order valence-electron chi connectivity index (χ4n) is 2.39. The number of anilines is 1. The quantitative estimate of drug-likeness (QED) is 0.736. The SMILES string of the molecule is Cc1ccccc1OCCCC(=O)N(C)CC(=O)Nc1cccc(F)c1. The molecular weight excluding hydrogens is 335 g/mol. The molecule has 0 aromatic heterocycles. The van der Waals surface area contributed by atoms with E-state index in [1.54, 1.807) is 13.1 Å². The van der Waals surface area contributed by atoms with E-state index in [1.807, 2.05) is 31.2 Å². The molecule has 0 spiro atoms. The Kier molecular flexibility index (Phi) is 7.14. The molecule has 0 radical (unpaired) electrons. The van der Waals surface area contributed by atoms with Gasteiger partial charge in [0.25, 0.3) is 0 Å². The molecule has 2 rings (SSSR count). The maximum Gasteiger partial charge on any atom is 0.243 e. The molecule has 1 N–H and O–H groups in total.